The van der Waals surface area contributed by atoms with Gasteiger partial charge in [-0.2, -0.15) is 8.42 Å². The average molecular weight is 482 g/mol. The van der Waals surface area contributed by atoms with E-state index in [0.717, 1.165) is 42.9 Å². The predicted molar refractivity (Wildman–Crippen MR) is 141 cm³/mol. The van der Waals surface area contributed by atoms with E-state index in [2.05, 4.69) is 85.7 Å². The summed E-state index contributed by atoms with van der Waals surface area (Å²) in [5.41, 5.74) is 5.35. The number of aryl methyl sites for hydroxylation is 1. The molecule has 6 heteroatoms. The van der Waals surface area contributed by atoms with Crippen LogP contribution in [0.3, 0.4) is 0 Å². The molecule has 182 valence electrons. The Bertz CT molecular complexity index is 1170. The third-order valence-electron chi connectivity index (χ3n) is 6.76. The van der Waals surface area contributed by atoms with E-state index in [1.165, 1.54) is 17.5 Å². The Balaban J connectivity index is 2.12. The van der Waals surface area contributed by atoms with E-state index >= 15 is 0 Å². The highest BCUT2D eigenvalue weighted by atomic mass is 32.2. The fourth-order valence-electron chi connectivity index (χ4n) is 4.77. The highest BCUT2D eigenvalue weighted by Gasteiger charge is 2.27. The fraction of sp³-hybridized carbons (Fsp3) is 0.393. The summed E-state index contributed by atoms with van der Waals surface area (Å²) < 4.78 is 35.8. The van der Waals surface area contributed by atoms with E-state index in [-0.39, 0.29) is 16.7 Å². The van der Waals surface area contributed by atoms with E-state index in [1.54, 1.807) is 12.1 Å². The Morgan fingerprint density at radius 3 is 2.03 bits per heavy atom. The number of nitrogens with zero attached hydrogens (tertiary/aromatic N) is 2. The van der Waals surface area contributed by atoms with E-state index in [1.807, 2.05) is 6.92 Å². The van der Waals surface area contributed by atoms with Crippen molar-refractivity contribution in [3.63, 3.8) is 0 Å². The molecule has 1 N–H and O–H groups in total. The highest BCUT2D eigenvalue weighted by molar-refractivity contribution is 7.85. The first-order chi connectivity index (χ1) is 16.2. The van der Waals surface area contributed by atoms with E-state index < -0.39 is 10.1 Å². The second kappa shape index (κ2) is 11.2. The Morgan fingerprint density at radius 2 is 1.53 bits per heavy atom. The third-order valence-corrected chi connectivity index (χ3v) is 7.61. The number of hydrogen-bond donors (Lipinski definition) is 1. The van der Waals surface area contributed by atoms with Crippen molar-refractivity contribution in [1.82, 2.24) is 0 Å². The number of allylic oxidation sites excluding steroid dienone is 4. The van der Waals surface area contributed by atoms with Gasteiger partial charge in [-0.1, -0.05) is 30.4 Å². The molecule has 0 radical (unpaired) electrons. The summed E-state index contributed by atoms with van der Waals surface area (Å²) in [5.74, 6) is -0.0350. The van der Waals surface area contributed by atoms with Crippen LogP contribution in [0.4, 0.5) is 5.69 Å². The molecule has 3 rings (SSSR count). The summed E-state index contributed by atoms with van der Waals surface area (Å²) in [5, 5.41) is 0. The zero-order valence-electron chi connectivity index (χ0n) is 20.9. The van der Waals surface area contributed by atoms with Gasteiger partial charge in [0.15, 0.2) is 5.71 Å². The van der Waals surface area contributed by atoms with Crippen molar-refractivity contribution in [3.8, 4) is 0 Å². The minimum Gasteiger partial charge on any atom is -0.372 e. The molecule has 0 heterocycles. The molecule has 34 heavy (non-hydrogen) atoms. The molecule has 1 unspecified atom stereocenters. The van der Waals surface area contributed by atoms with Crippen LogP contribution in [0.5, 0.6) is 0 Å². The molecule has 1 aliphatic rings. The molecule has 0 bridgehead atoms. The van der Waals surface area contributed by atoms with Crippen LogP contribution in [-0.4, -0.2) is 49.4 Å². The Morgan fingerprint density at radius 1 is 0.941 bits per heavy atom. The molecule has 0 saturated heterocycles. The van der Waals surface area contributed by atoms with Crippen molar-refractivity contribution >= 4 is 21.5 Å². The summed E-state index contributed by atoms with van der Waals surface area (Å²) in [7, 11) is -4.29. The molecule has 2 aromatic carbocycles. The molecule has 5 nitrogen and oxygen atoms in total. The second-order valence-corrected chi connectivity index (χ2v) is 10.0. The lowest BCUT2D eigenvalue weighted by Gasteiger charge is -2.28. The molecular formula is C28H37N2O3S+. The van der Waals surface area contributed by atoms with Gasteiger partial charge in [-0.15, -0.1) is 0 Å². The monoisotopic (exact) mass is 481 g/mol. The van der Waals surface area contributed by atoms with Crippen LogP contribution in [0.1, 0.15) is 50.3 Å². The number of rotatable bonds is 9. The van der Waals surface area contributed by atoms with Crippen molar-refractivity contribution in [2.24, 2.45) is 5.92 Å². The molecule has 0 spiro atoms. The van der Waals surface area contributed by atoms with Gasteiger partial charge in [0.2, 0.25) is 0 Å². The third kappa shape index (κ3) is 5.68. The molecule has 0 amide bonds. The number of benzene rings is 2. The Labute approximate surface area is 204 Å². The van der Waals surface area contributed by atoms with Crippen LogP contribution in [0.25, 0.3) is 0 Å². The summed E-state index contributed by atoms with van der Waals surface area (Å²) in [6, 6.07) is 13.4. The summed E-state index contributed by atoms with van der Waals surface area (Å²) in [6.07, 6.45) is 8.74. The van der Waals surface area contributed by atoms with Gasteiger partial charge < -0.3 is 4.90 Å². The largest absolute Gasteiger partial charge is 0.372 e. The van der Waals surface area contributed by atoms with Gasteiger partial charge in [-0.3, -0.25) is 4.55 Å². The smallest absolute Gasteiger partial charge is 0.294 e. The van der Waals surface area contributed by atoms with Crippen molar-refractivity contribution < 1.29 is 17.5 Å². The number of anilines is 1. The normalized spacial score (nSPS) is 16.5. The Kier molecular flexibility index (Phi) is 8.50. The fourth-order valence-corrected chi connectivity index (χ4v) is 5.28. The zero-order valence-corrected chi connectivity index (χ0v) is 21.7. The first kappa shape index (κ1) is 25.9. The van der Waals surface area contributed by atoms with Crippen molar-refractivity contribution in [2.75, 3.05) is 31.1 Å². The summed E-state index contributed by atoms with van der Waals surface area (Å²) >= 11 is 0. The lowest BCUT2D eigenvalue weighted by Crippen LogP contribution is -2.22. The van der Waals surface area contributed by atoms with Crippen LogP contribution < -0.4 is 4.90 Å². The minimum atomic E-state index is -4.29. The first-order valence-electron chi connectivity index (χ1n) is 12.1. The molecule has 0 aliphatic heterocycles. The molecule has 1 aliphatic carbocycles. The van der Waals surface area contributed by atoms with Gasteiger partial charge in [-0.25, -0.2) is 4.58 Å². The molecule has 0 fully saturated rings. The van der Waals surface area contributed by atoms with Gasteiger partial charge in [-0.05, 0) is 75.6 Å². The van der Waals surface area contributed by atoms with Gasteiger partial charge in [0, 0.05) is 42.8 Å². The molecule has 1 atom stereocenters. The van der Waals surface area contributed by atoms with E-state index in [9.17, 15) is 13.0 Å². The first-order valence-corrected chi connectivity index (χ1v) is 13.6. The maximum Gasteiger partial charge on any atom is 0.294 e. The molecule has 0 aromatic heterocycles. The van der Waals surface area contributed by atoms with Gasteiger partial charge in [0.05, 0.1) is 4.90 Å². The van der Waals surface area contributed by atoms with Crippen LogP contribution in [0, 0.1) is 12.8 Å². The van der Waals surface area contributed by atoms with Crippen LogP contribution in [0.2, 0.25) is 0 Å². The maximum atomic E-state index is 11.9. The lowest BCUT2D eigenvalue weighted by atomic mass is 9.77. The Hall–Kier alpha value is -2.70. The van der Waals surface area contributed by atoms with Crippen molar-refractivity contribution in [2.45, 2.75) is 45.4 Å². The molecule has 0 saturated carbocycles. The maximum absolute atomic E-state index is 11.9. The highest BCUT2D eigenvalue weighted by Crippen LogP contribution is 2.38. The standard InChI is InChI=1S/C28H36N2O3S/c1-6-29(7-2)24-15-11-22(12-16-24)28(23-13-17-25(18-14-23)30(8-3)9-4)27-20-26(34(31,32)33)19-10-21(27)5/h10-20,22,28H,6-9H2,1-5H3/p+1. The van der Waals surface area contributed by atoms with Crippen LogP contribution >= 0.6 is 0 Å². The van der Waals surface area contributed by atoms with Gasteiger partial charge in [0.1, 0.15) is 13.1 Å². The van der Waals surface area contributed by atoms with Crippen molar-refractivity contribution in [3.05, 3.63) is 83.5 Å². The van der Waals surface area contributed by atoms with Crippen LogP contribution in [-0.2, 0) is 10.1 Å². The zero-order chi connectivity index (χ0) is 24.9. The SMILES string of the molecule is CCN(CC)c1ccc(C(c2cc(S(=O)(=O)O)ccc2C)C2C=CC(=[N+](CC)CC)C=C2)cc1. The minimum absolute atomic E-state index is 0.0500. The van der Waals surface area contributed by atoms with Gasteiger partial charge in [0.25, 0.3) is 10.1 Å². The van der Waals surface area contributed by atoms with Crippen molar-refractivity contribution in [1.29, 1.82) is 0 Å². The molecule has 2 aromatic rings. The van der Waals surface area contributed by atoms with E-state index in [0.29, 0.717) is 0 Å². The number of hydrogen-bond acceptors (Lipinski definition) is 3. The van der Waals surface area contributed by atoms with Crippen LogP contribution in [0.15, 0.2) is 71.7 Å². The topological polar surface area (TPSA) is 60.6 Å². The predicted octanol–water partition coefficient (Wildman–Crippen LogP) is 5.46. The molecular weight excluding hydrogens is 444 g/mol. The van der Waals surface area contributed by atoms with E-state index in [4.69, 9.17) is 0 Å². The second-order valence-electron chi connectivity index (χ2n) is 8.63. The lowest BCUT2D eigenvalue weighted by molar-refractivity contribution is -0.519. The average Bonchev–Trinajstić information content (AvgIpc) is 2.83. The quantitative estimate of drug-likeness (QED) is 0.382. The summed E-state index contributed by atoms with van der Waals surface area (Å²) in [6.45, 7) is 14.3. The van der Waals surface area contributed by atoms with Gasteiger partial charge >= 0.3 is 0 Å². The summed E-state index contributed by atoms with van der Waals surface area (Å²) in [4.78, 5) is 2.23.